The highest BCUT2D eigenvalue weighted by atomic mass is 16.6. The maximum absolute atomic E-state index is 11.7. The standard InChI is InChI=1S/C33H50O6/c1-20(2)31(38-24(6)35)16-11-21(3)29-14-15-30-26(10-9-17-33(29,30)8)12-13-27-18-28(37-23(5)34)19-32(22(27)4)39-25(7)36/h12-13,20-21,28-32H,4,9-11,14-19H2,1-3,5-8H3/b26-12?,27-13-/t21-,28-,29-,30?,31?,32-,33-/m1/s1. The van der Waals surface area contributed by atoms with Gasteiger partial charge in [-0.3, -0.25) is 14.4 Å². The molecule has 3 rings (SSSR count). The quantitative estimate of drug-likeness (QED) is 0.225. The number of hydrogen-bond acceptors (Lipinski definition) is 6. The molecule has 0 saturated heterocycles. The highest BCUT2D eigenvalue weighted by Gasteiger charge is 2.50. The molecule has 0 aromatic carbocycles. The summed E-state index contributed by atoms with van der Waals surface area (Å²) in [5.41, 5.74) is 3.55. The molecule has 3 aliphatic rings. The first-order valence-corrected chi connectivity index (χ1v) is 14.9. The first-order valence-electron chi connectivity index (χ1n) is 14.9. The summed E-state index contributed by atoms with van der Waals surface area (Å²) >= 11 is 0. The van der Waals surface area contributed by atoms with E-state index < -0.39 is 6.10 Å². The van der Waals surface area contributed by atoms with E-state index in [0.29, 0.717) is 36.5 Å². The summed E-state index contributed by atoms with van der Waals surface area (Å²) < 4.78 is 16.6. The van der Waals surface area contributed by atoms with Gasteiger partial charge in [0.05, 0.1) is 0 Å². The van der Waals surface area contributed by atoms with Gasteiger partial charge < -0.3 is 14.2 Å². The van der Waals surface area contributed by atoms with Gasteiger partial charge in [-0.25, -0.2) is 0 Å². The number of fused-ring (bicyclic) bond motifs is 1. The van der Waals surface area contributed by atoms with Gasteiger partial charge in [0.25, 0.3) is 0 Å². The number of carbonyl (C=O) groups is 3. The van der Waals surface area contributed by atoms with Gasteiger partial charge in [-0.15, -0.1) is 0 Å². The van der Waals surface area contributed by atoms with Crippen molar-refractivity contribution in [1.29, 1.82) is 0 Å². The molecule has 3 saturated carbocycles. The summed E-state index contributed by atoms with van der Waals surface area (Å²) in [5, 5.41) is 0. The van der Waals surface area contributed by atoms with Crippen LogP contribution in [0.5, 0.6) is 0 Å². The van der Waals surface area contributed by atoms with Gasteiger partial charge in [-0.1, -0.05) is 52.0 Å². The predicted molar refractivity (Wildman–Crippen MR) is 153 cm³/mol. The first kappa shape index (κ1) is 31.2. The molecule has 7 atom stereocenters. The van der Waals surface area contributed by atoms with Gasteiger partial charge in [-0.05, 0) is 85.2 Å². The van der Waals surface area contributed by atoms with Crippen molar-refractivity contribution in [2.75, 3.05) is 0 Å². The van der Waals surface area contributed by atoms with Crippen molar-refractivity contribution in [2.45, 2.75) is 125 Å². The molecule has 3 aliphatic carbocycles. The zero-order valence-electron chi connectivity index (χ0n) is 25.2. The molecule has 0 heterocycles. The number of ether oxygens (including phenoxy) is 3. The number of carbonyl (C=O) groups excluding carboxylic acids is 3. The van der Waals surface area contributed by atoms with Crippen molar-refractivity contribution < 1.29 is 28.6 Å². The Morgan fingerprint density at radius 1 is 1.00 bits per heavy atom. The molecular weight excluding hydrogens is 492 g/mol. The van der Waals surface area contributed by atoms with Crippen molar-refractivity contribution in [3.63, 3.8) is 0 Å². The van der Waals surface area contributed by atoms with Crippen LogP contribution in [0.25, 0.3) is 0 Å². The second kappa shape index (κ2) is 13.3. The van der Waals surface area contributed by atoms with E-state index >= 15 is 0 Å². The Bertz CT molecular complexity index is 990. The van der Waals surface area contributed by atoms with Crippen LogP contribution in [0.15, 0.2) is 35.5 Å². The smallest absolute Gasteiger partial charge is 0.303 e. The lowest BCUT2D eigenvalue weighted by Crippen LogP contribution is -2.36. The first-order chi connectivity index (χ1) is 18.3. The SMILES string of the molecule is C=C1/C(=C\C=C2CCC[C@@]3(C)C2CC[C@@H]3[C@H](C)CCC(OC(C)=O)C(C)C)C[C@@H](OC(C)=O)C[C@H]1OC(C)=O. The second-order valence-corrected chi connectivity index (χ2v) is 12.8. The van der Waals surface area contributed by atoms with Gasteiger partial charge in [0.1, 0.15) is 18.3 Å². The van der Waals surface area contributed by atoms with Gasteiger partial charge in [-0.2, -0.15) is 0 Å². The van der Waals surface area contributed by atoms with E-state index in [1.807, 2.05) is 0 Å². The fourth-order valence-electron chi connectivity index (χ4n) is 7.66. The highest BCUT2D eigenvalue weighted by Crippen LogP contribution is 2.60. The fraction of sp³-hybridized carbons (Fsp3) is 0.727. The van der Waals surface area contributed by atoms with Crippen LogP contribution in [0.3, 0.4) is 0 Å². The number of esters is 3. The Morgan fingerprint density at radius 2 is 1.69 bits per heavy atom. The summed E-state index contributed by atoms with van der Waals surface area (Å²) in [6.45, 7) is 17.7. The molecule has 6 nitrogen and oxygen atoms in total. The van der Waals surface area contributed by atoms with Crippen LogP contribution in [0.1, 0.15) is 106 Å². The molecular formula is C33H50O6. The van der Waals surface area contributed by atoms with Crippen molar-refractivity contribution in [2.24, 2.45) is 29.1 Å². The van der Waals surface area contributed by atoms with E-state index in [1.54, 1.807) is 0 Å². The molecule has 6 heteroatoms. The van der Waals surface area contributed by atoms with E-state index in [9.17, 15) is 14.4 Å². The molecule has 218 valence electrons. The van der Waals surface area contributed by atoms with Crippen LogP contribution in [0.4, 0.5) is 0 Å². The lowest BCUT2D eigenvalue weighted by atomic mass is 9.60. The molecule has 0 aliphatic heterocycles. The van der Waals surface area contributed by atoms with Crippen molar-refractivity contribution >= 4 is 17.9 Å². The van der Waals surface area contributed by atoms with Gasteiger partial charge >= 0.3 is 17.9 Å². The van der Waals surface area contributed by atoms with E-state index in [4.69, 9.17) is 14.2 Å². The van der Waals surface area contributed by atoms with Crippen LogP contribution < -0.4 is 0 Å². The molecule has 0 amide bonds. The topological polar surface area (TPSA) is 78.9 Å². The van der Waals surface area contributed by atoms with Crippen molar-refractivity contribution in [3.8, 4) is 0 Å². The van der Waals surface area contributed by atoms with E-state index in [-0.39, 0.29) is 35.5 Å². The lowest BCUT2D eigenvalue weighted by Gasteiger charge is -2.44. The Hall–Kier alpha value is -2.37. The van der Waals surface area contributed by atoms with Crippen molar-refractivity contribution in [3.05, 3.63) is 35.5 Å². The molecule has 39 heavy (non-hydrogen) atoms. The predicted octanol–water partition coefficient (Wildman–Crippen LogP) is 7.27. The third kappa shape index (κ3) is 7.85. The maximum Gasteiger partial charge on any atom is 0.303 e. The molecule has 0 bridgehead atoms. The highest BCUT2D eigenvalue weighted by molar-refractivity contribution is 5.67. The van der Waals surface area contributed by atoms with Crippen LogP contribution in [-0.4, -0.2) is 36.2 Å². The molecule has 0 radical (unpaired) electrons. The molecule has 2 unspecified atom stereocenters. The average molecular weight is 543 g/mol. The normalized spacial score (nSPS) is 32.6. The van der Waals surface area contributed by atoms with Crippen LogP contribution >= 0.6 is 0 Å². The molecule has 3 fully saturated rings. The van der Waals surface area contributed by atoms with Crippen molar-refractivity contribution in [1.82, 2.24) is 0 Å². The van der Waals surface area contributed by atoms with E-state index in [2.05, 4.69) is 46.4 Å². The second-order valence-electron chi connectivity index (χ2n) is 12.8. The zero-order chi connectivity index (χ0) is 28.9. The monoisotopic (exact) mass is 542 g/mol. The van der Waals surface area contributed by atoms with Crippen LogP contribution in [-0.2, 0) is 28.6 Å². The van der Waals surface area contributed by atoms with Gasteiger partial charge in [0.2, 0.25) is 0 Å². The van der Waals surface area contributed by atoms with E-state index in [1.165, 1.54) is 52.0 Å². The Morgan fingerprint density at radius 3 is 2.31 bits per heavy atom. The average Bonchev–Trinajstić information content (AvgIpc) is 3.19. The Kier molecular flexibility index (Phi) is 10.6. The van der Waals surface area contributed by atoms with E-state index in [0.717, 1.165) is 30.4 Å². The third-order valence-corrected chi connectivity index (χ3v) is 9.56. The molecule has 0 spiro atoms. The van der Waals surface area contributed by atoms with Gasteiger partial charge in [0.15, 0.2) is 0 Å². The minimum Gasteiger partial charge on any atom is -0.462 e. The summed E-state index contributed by atoms with van der Waals surface area (Å²) in [7, 11) is 0. The van der Waals surface area contributed by atoms with Crippen LogP contribution in [0, 0.1) is 29.1 Å². The minimum atomic E-state index is -0.472. The Balaban J connectivity index is 1.75. The summed E-state index contributed by atoms with van der Waals surface area (Å²) in [6, 6.07) is 0. The number of rotatable bonds is 9. The minimum absolute atomic E-state index is 0.0152. The third-order valence-electron chi connectivity index (χ3n) is 9.56. The molecule has 0 aromatic rings. The largest absolute Gasteiger partial charge is 0.462 e. The summed E-state index contributed by atoms with van der Waals surface area (Å²) in [4.78, 5) is 34.9. The maximum atomic E-state index is 11.7. The van der Waals surface area contributed by atoms with Crippen LogP contribution in [0.2, 0.25) is 0 Å². The lowest BCUT2D eigenvalue weighted by molar-refractivity contribution is -0.152. The summed E-state index contributed by atoms with van der Waals surface area (Å²) in [6.07, 6.45) is 12.6. The number of allylic oxidation sites excluding steroid dienone is 3. The Labute approximate surface area is 235 Å². The summed E-state index contributed by atoms with van der Waals surface area (Å²) in [5.74, 6) is 1.22. The van der Waals surface area contributed by atoms with Gasteiger partial charge in [0, 0.05) is 33.6 Å². The fourth-order valence-corrected chi connectivity index (χ4v) is 7.66. The molecule has 0 aromatic heterocycles. The molecule has 0 N–H and O–H groups in total. The zero-order valence-corrected chi connectivity index (χ0v) is 25.2. The number of hydrogen-bond donors (Lipinski definition) is 0.